The van der Waals surface area contributed by atoms with Crippen LogP contribution in [0.15, 0.2) is 24.3 Å². The Morgan fingerprint density at radius 1 is 1.05 bits per heavy atom. The Labute approximate surface area is 128 Å². The van der Waals surface area contributed by atoms with Crippen molar-refractivity contribution in [3.8, 4) is 0 Å². The lowest BCUT2D eigenvalue weighted by atomic mass is 9.93. The first-order chi connectivity index (χ1) is 10.3. The van der Waals surface area contributed by atoms with Crippen LogP contribution in [-0.2, 0) is 5.41 Å². The smallest absolute Gasteiger partial charge is 0.0314 e. The van der Waals surface area contributed by atoms with Crippen molar-refractivity contribution >= 4 is 5.69 Å². The molecular formula is C18H27N3. The van der Waals surface area contributed by atoms with E-state index in [2.05, 4.69) is 34.1 Å². The van der Waals surface area contributed by atoms with Gasteiger partial charge in [0.05, 0.1) is 0 Å². The number of piperidine rings is 1. The van der Waals surface area contributed by atoms with E-state index in [0.717, 1.165) is 11.7 Å². The number of piperazine rings is 1. The van der Waals surface area contributed by atoms with Crippen LogP contribution in [0, 0.1) is 0 Å². The first-order valence-corrected chi connectivity index (χ1v) is 8.58. The highest BCUT2D eigenvalue weighted by Crippen LogP contribution is 2.49. The average Bonchev–Trinajstić information content (AvgIpc) is 3.28. The van der Waals surface area contributed by atoms with E-state index >= 15 is 0 Å². The molecule has 3 aliphatic rings. The Hall–Kier alpha value is -1.06. The third-order valence-corrected chi connectivity index (χ3v) is 5.82. The van der Waals surface area contributed by atoms with Crippen molar-refractivity contribution in [3.63, 3.8) is 0 Å². The van der Waals surface area contributed by atoms with E-state index in [1.807, 2.05) is 0 Å². The molecule has 1 aliphatic carbocycles. The molecule has 3 fully saturated rings. The lowest BCUT2D eigenvalue weighted by molar-refractivity contribution is 0.0449. The highest BCUT2D eigenvalue weighted by atomic mass is 15.3. The van der Waals surface area contributed by atoms with Gasteiger partial charge in [-0.3, -0.25) is 9.80 Å². The maximum Gasteiger partial charge on any atom is 0.0314 e. The largest absolute Gasteiger partial charge is 0.399 e. The zero-order valence-corrected chi connectivity index (χ0v) is 12.9. The molecule has 2 heterocycles. The maximum absolute atomic E-state index is 5.83. The van der Waals surface area contributed by atoms with Gasteiger partial charge in [0, 0.05) is 43.3 Å². The fourth-order valence-electron chi connectivity index (χ4n) is 4.32. The highest BCUT2D eigenvalue weighted by Gasteiger charge is 2.46. The number of hydrogen-bond donors (Lipinski definition) is 1. The minimum atomic E-state index is 0.435. The van der Waals surface area contributed by atoms with E-state index < -0.39 is 0 Å². The van der Waals surface area contributed by atoms with Crippen LogP contribution < -0.4 is 5.73 Å². The van der Waals surface area contributed by atoms with Gasteiger partial charge in [0.25, 0.3) is 0 Å². The van der Waals surface area contributed by atoms with Gasteiger partial charge in [-0.1, -0.05) is 18.6 Å². The number of rotatable bonds is 3. The highest BCUT2D eigenvalue weighted by molar-refractivity contribution is 5.43. The van der Waals surface area contributed by atoms with Crippen molar-refractivity contribution in [2.24, 2.45) is 0 Å². The molecule has 2 N–H and O–H groups in total. The first kappa shape index (κ1) is 13.6. The Kier molecular flexibility index (Phi) is 3.43. The second kappa shape index (κ2) is 5.29. The molecule has 4 rings (SSSR count). The summed E-state index contributed by atoms with van der Waals surface area (Å²) in [6, 6.07) is 9.45. The minimum Gasteiger partial charge on any atom is -0.399 e. The zero-order valence-electron chi connectivity index (χ0n) is 12.9. The summed E-state index contributed by atoms with van der Waals surface area (Å²) in [5, 5.41) is 0. The zero-order chi connectivity index (χ0) is 14.3. The van der Waals surface area contributed by atoms with Gasteiger partial charge in [0.15, 0.2) is 0 Å². The second-order valence-electron chi connectivity index (χ2n) is 7.32. The number of hydrogen-bond acceptors (Lipinski definition) is 3. The van der Waals surface area contributed by atoms with Crippen molar-refractivity contribution in [3.05, 3.63) is 29.8 Å². The van der Waals surface area contributed by atoms with Gasteiger partial charge in [-0.25, -0.2) is 0 Å². The quantitative estimate of drug-likeness (QED) is 0.866. The summed E-state index contributed by atoms with van der Waals surface area (Å²) >= 11 is 0. The number of nitrogens with two attached hydrogens (primary N) is 1. The van der Waals surface area contributed by atoms with E-state index in [1.165, 1.54) is 70.4 Å². The molecule has 1 aromatic rings. The summed E-state index contributed by atoms with van der Waals surface area (Å²) in [6.07, 6.45) is 6.94. The molecule has 1 unspecified atom stereocenters. The number of anilines is 1. The molecule has 21 heavy (non-hydrogen) atoms. The van der Waals surface area contributed by atoms with Crippen molar-refractivity contribution < 1.29 is 0 Å². The molecule has 0 bridgehead atoms. The van der Waals surface area contributed by atoms with Crippen molar-refractivity contribution in [1.29, 1.82) is 0 Å². The molecule has 2 saturated heterocycles. The van der Waals surface area contributed by atoms with Crippen molar-refractivity contribution in [2.45, 2.75) is 43.6 Å². The van der Waals surface area contributed by atoms with E-state index in [-0.39, 0.29) is 0 Å². The molecule has 0 amide bonds. The maximum atomic E-state index is 5.83. The molecule has 114 valence electrons. The van der Waals surface area contributed by atoms with Gasteiger partial charge in [-0.05, 0) is 49.9 Å². The van der Waals surface area contributed by atoms with Crippen LogP contribution in [0.2, 0.25) is 0 Å². The normalized spacial score (nSPS) is 29.0. The monoisotopic (exact) mass is 285 g/mol. The van der Waals surface area contributed by atoms with Crippen LogP contribution in [0.1, 0.15) is 37.7 Å². The standard InChI is InChI=1S/C18H27N3/c19-16-6-4-15(5-7-16)18(8-9-18)14-20-11-12-21-10-2-1-3-17(21)13-20/h4-7,17H,1-3,8-14,19H2. The fourth-order valence-corrected chi connectivity index (χ4v) is 4.32. The van der Waals surface area contributed by atoms with E-state index in [0.29, 0.717) is 5.41 Å². The Balaban J connectivity index is 1.42. The fraction of sp³-hybridized carbons (Fsp3) is 0.667. The van der Waals surface area contributed by atoms with E-state index in [1.54, 1.807) is 0 Å². The lowest BCUT2D eigenvalue weighted by Crippen LogP contribution is -2.55. The van der Waals surface area contributed by atoms with Gasteiger partial charge in [-0.2, -0.15) is 0 Å². The third-order valence-electron chi connectivity index (χ3n) is 5.82. The van der Waals surface area contributed by atoms with Crippen LogP contribution >= 0.6 is 0 Å². The molecular weight excluding hydrogens is 258 g/mol. The third kappa shape index (κ3) is 2.69. The predicted octanol–water partition coefficient (Wildman–Crippen LogP) is 2.47. The van der Waals surface area contributed by atoms with E-state index in [9.17, 15) is 0 Å². The summed E-state index contributed by atoms with van der Waals surface area (Å²) < 4.78 is 0. The summed E-state index contributed by atoms with van der Waals surface area (Å²) in [4.78, 5) is 5.46. The molecule has 1 saturated carbocycles. The lowest BCUT2D eigenvalue weighted by Gasteiger charge is -2.45. The molecule has 3 heteroatoms. The van der Waals surface area contributed by atoms with Crippen LogP contribution in [0.4, 0.5) is 5.69 Å². The number of nitrogen functional groups attached to an aromatic ring is 1. The number of nitrogens with zero attached hydrogens (tertiary/aromatic N) is 2. The van der Waals surface area contributed by atoms with Gasteiger partial charge in [-0.15, -0.1) is 0 Å². The van der Waals surface area contributed by atoms with Gasteiger partial charge in [0.1, 0.15) is 0 Å². The molecule has 1 atom stereocenters. The van der Waals surface area contributed by atoms with Crippen molar-refractivity contribution in [2.75, 3.05) is 38.5 Å². The topological polar surface area (TPSA) is 32.5 Å². The van der Waals surface area contributed by atoms with Crippen LogP contribution in [0.5, 0.6) is 0 Å². The van der Waals surface area contributed by atoms with Crippen LogP contribution in [0.25, 0.3) is 0 Å². The molecule has 3 nitrogen and oxygen atoms in total. The molecule has 0 aromatic heterocycles. The number of benzene rings is 1. The summed E-state index contributed by atoms with van der Waals surface area (Å²) in [7, 11) is 0. The summed E-state index contributed by atoms with van der Waals surface area (Å²) in [6.45, 7) is 6.41. The van der Waals surface area contributed by atoms with Gasteiger partial charge < -0.3 is 5.73 Å². The Bertz CT molecular complexity index is 492. The molecule has 2 aliphatic heterocycles. The SMILES string of the molecule is Nc1ccc(C2(CN3CCN4CCCCC4C3)CC2)cc1. The van der Waals surface area contributed by atoms with Crippen LogP contribution in [0.3, 0.4) is 0 Å². The molecule has 0 spiro atoms. The van der Waals surface area contributed by atoms with Gasteiger partial charge in [0.2, 0.25) is 0 Å². The predicted molar refractivity (Wildman–Crippen MR) is 87.4 cm³/mol. The van der Waals surface area contributed by atoms with E-state index in [4.69, 9.17) is 5.73 Å². The summed E-state index contributed by atoms with van der Waals surface area (Å²) in [5.41, 5.74) is 8.65. The summed E-state index contributed by atoms with van der Waals surface area (Å²) in [5.74, 6) is 0. The molecule has 0 radical (unpaired) electrons. The number of fused-ring (bicyclic) bond motifs is 1. The molecule has 1 aromatic carbocycles. The van der Waals surface area contributed by atoms with Crippen molar-refractivity contribution in [1.82, 2.24) is 9.80 Å². The van der Waals surface area contributed by atoms with Crippen LogP contribution in [-0.4, -0.2) is 48.6 Å². The Morgan fingerprint density at radius 2 is 1.86 bits per heavy atom. The first-order valence-electron chi connectivity index (χ1n) is 8.58. The Morgan fingerprint density at radius 3 is 2.62 bits per heavy atom. The minimum absolute atomic E-state index is 0.435. The van der Waals surface area contributed by atoms with Gasteiger partial charge >= 0.3 is 0 Å². The average molecular weight is 285 g/mol. The second-order valence-corrected chi connectivity index (χ2v) is 7.32.